The third-order valence-electron chi connectivity index (χ3n) is 8.77. The van der Waals surface area contributed by atoms with Crippen LogP contribution in [-0.4, -0.2) is 66.8 Å². The molecule has 2 aliphatic heterocycles. The fraction of sp³-hybridized carbons (Fsp3) is 0.417. The number of esters is 1. The van der Waals surface area contributed by atoms with Crippen molar-refractivity contribution >= 4 is 28.0 Å². The first kappa shape index (κ1) is 31.1. The normalized spacial score (nSPS) is 17.6. The summed E-state index contributed by atoms with van der Waals surface area (Å²) in [6.07, 6.45) is 6.19. The predicted octanol–water partition coefficient (Wildman–Crippen LogP) is 6.22. The summed E-state index contributed by atoms with van der Waals surface area (Å²) < 4.78 is 34.2. The third-order valence-corrected chi connectivity index (χ3v) is 8.77. The number of imidazole rings is 1. The van der Waals surface area contributed by atoms with E-state index in [0.29, 0.717) is 47.0 Å². The summed E-state index contributed by atoms with van der Waals surface area (Å²) in [6, 6.07) is 14.4. The maximum Gasteiger partial charge on any atom is 0.338 e. The largest absolute Gasteiger partial charge is 0.473 e. The minimum Gasteiger partial charge on any atom is -0.473 e. The van der Waals surface area contributed by atoms with Crippen LogP contribution in [0.4, 0.5) is 4.39 Å². The molecule has 5 aromatic rings. The summed E-state index contributed by atoms with van der Waals surface area (Å²) in [5, 5.41) is 0. The number of piperidine rings is 1. The highest BCUT2D eigenvalue weighted by atomic mass is 19.1. The summed E-state index contributed by atoms with van der Waals surface area (Å²) in [5.41, 5.74) is 4.26. The molecule has 11 heteroatoms. The third kappa shape index (κ3) is 7.11. The Morgan fingerprint density at radius 2 is 1.74 bits per heavy atom. The Labute approximate surface area is 272 Å². The fourth-order valence-corrected chi connectivity index (χ4v) is 6.21. The number of likely N-dealkylation sites (tertiary alicyclic amines) is 1. The number of halogens is 1. The molecule has 10 nitrogen and oxygen atoms in total. The van der Waals surface area contributed by atoms with Gasteiger partial charge in [-0.1, -0.05) is 6.07 Å². The van der Waals surface area contributed by atoms with E-state index in [9.17, 15) is 9.18 Å². The molecule has 244 valence electrons. The lowest BCUT2D eigenvalue weighted by molar-refractivity contribution is -0.0592. The minimum absolute atomic E-state index is 0.0550. The molecule has 2 saturated heterocycles. The number of ether oxygens (including phenoxy) is 3. The van der Waals surface area contributed by atoms with Gasteiger partial charge in [-0.05, 0) is 83.5 Å². The molecule has 2 aromatic carbocycles. The van der Waals surface area contributed by atoms with Crippen LogP contribution < -0.4 is 4.74 Å². The van der Waals surface area contributed by atoms with E-state index in [1.807, 2.05) is 51.1 Å². The van der Waals surface area contributed by atoms with Gasteiger partial charge in [-0.15, -0.1) is 0 Å². The van der Waals surface area contributed by atoms with Crippen molar-refractivity contribution in [1.29, 1.82) is 0 Å². The van der Waals surface area contributed by atoms with Crippen LogP contribution >= 0.6 is 0 Å². The van der Waals surface area contributed by atoms with Crippen molar-refractivity contribution in [2.75, 3.05) is 19.7 Å². The number of hydrogen-bond donors (Lipinski definition) is 0. The highest BCUT2D eigenvalue weighted by molar-refractivity contribution is 5.94. The molecule has 0 spiro atoms. The summed E-state index contributed by atoms with van der Waals surface area (Å²) in [7, 11) is 0. The zero-order valence-electron chi connectivity index (χ0n) is 27.0. The van der Waals surface area contributed by atoms with E-state index in [1.54, 1.807) is 24.5 Å². The summed E-state index contributed by atoms with van der Waals surface area (Å²) in [6.45, 7) is 9.64. The van der Waals surface area contributed by atoms with Crippen LogP contribution in [0.5, 0.6) is 5.88 Å². The first-order valence-corrected chi connectivity index (χ1v) is 16.2. The Kier molecular flexibility index (Phi) is 8.59. The van der Waals surface area contributed by atoms with Crippen molar-refractivity contribution in [1.82, 2.24) is 29.4 Å². The van der Waals surface area contributed by atoms with Gasteiger partial charge in [-0.2, -0.15) is 0 Å². The van der Waals surface area contributed by atoms with Crippen LogP contribution in [0, 0.1) is 5.82 Å². The average molecular weight is 639 g/mol. The Morgan fingerprint density at radius 1 is 0.979 bits per heavy atom. The van der Waals surface area contributed by atoms with Gasteiger partial charge in [0, 0.05) is 48.3 Å². The molecule has 3 aromatic heterocycles. The first-order chi connectivity index (χ1) is 22.7. The minimum atomic E-state index is -0.569. The van der Waals surface area contributed by atoms with Gasteiger partial charge in [-0.25, -0.2) is 19.2 Å². The number of nitrogens with zero attached hydrogens (tertiary/aromatic N) is 6. The number of rotatable bonds is 9. The molecule has 0 bridgehead atoms. The van der Waals surface area contributed by atoms with Crippen LogP contribution in [0.25, 0.3) is 22.1 Å². The summed E-state index contributed by atoms with van der Waals surface area (Å²) >= 11 is 0. The van der Waals surface area contributed by atoms with Gasteiger partial charge in [0.05, 0.1) is 46.8 Å². The van der Waals surface area contributed by atoms with E-state index < -0.39 is 5.60 Å². The highest BCUT2D eigenvalue weighted by Crippen LogP contribution is 2.30. The molecule has 0 N–H and O–H groups in total. The molecule has 1 atom stereocenters. The Balaban J connectivity index is 1.01. The zero-order valence-corrected chi connectivity index (χ0v) is 27.0. The molecule has 0 amide bonds. The highest BCUT2D eigenvalue weighted by Gasteiger charge is 2.27. The lowest BCUT2D eigenvalue weighted by Crippen LogP contribution is -2.35. The van der Waals surface area contributed by atoms with Crippen LogP contribution in [0.3, 0.4) is 0 Å². The Bertz CT molecular complexity index is 1910. The number of hydrogen-bond acceptors (Lipinski definition) is 9. The molecule has 1 unspecified atom stereocenters. The van der Waals surface area contributed by atoms with Crippen LogP contribution in [0.15, 0.2) is 60.9 Å². The topological polar surface area (TPSA) is 104 Å². The van der Waals surface area contributed by atoms with Crippen molar-refractivity contribution in [3.05, 3.63) is 89.4 Å². The van der Waals surface area contributed by atoms with Crippen molar-refractivity contribution in [2.24, 2.45) is 0 Å². The molecule has 2 aliphatic rings. The van der Waals surface area contributed by atoms with Crippen LogP contribution in [0.2, 0.25) is 0 Å². The maximum atomic E-state index is 14.7. The summed E-state index contributed by atoms with van der Waals surface area (Å²) in [5.74, 6) is 1.02. The van der Waals surface area contributed by atoms with Crippen molar-refractivity contribution in [2.45, 2.75) is 77.4 Å². The number of pyridine rings is 1. The van der Waals surface area contributed by atoms with Crippen LogP contribution in [0.1, 0.15) is 73.4 Å². The average Bonchev–Trinajstić information content (AvgIpc) is 3.37. The molecule has 7 rings (SSSR count). The lowest BCUT2D eigenvalue weighted by Gasteiger charge is -2.32. The van der Waals surface area contributed by atoms with E-state index in [1.165, 1.54) is 6.07 Å². The van der Waals surface area contributed by atoms with E-state index >= 15 is 0 Å². The molecule has 5 heterocycles. The number of benzene rings is 2. The SMILES string of the molecule is CC(C)(C)OC(=O)c1ccc2nc(CN3CCC(c4cccc(OCc5cc6nccnc6cc5F)n4)CC3)n(CC3CCO3)c2c1. The summed E-state index contributed by atoms with van der Waals surface area (Å²) in [4.78, 5) is 33.5. The van der Waals surface area contributed by atoms with Crippen molar-refractivity contribution < 1.29 is 23.4 Å². The quantitative estimate of drug-likeness (QED) is 0.174. The van der Waals surface area contributed by atoms with Gasteiger partial charge in [0.15, 0.2) is 0 Å². The first-order valence-electron chi connectivity index (χ1n) is 16.2. The van der Waals surface area contributed by atoms with Crippen molar-refractivity contribution in [3.8, 4) is 5.88 Å². The Hall–Kier alpha value is -4.48. The molecule has 0 radical (unpaired) electrons. The second-order valence-corrected chi connectivity index (χ2v) is 13.4. The lowest BCUT2D eigenvalue weighted by atomic mass is 9.93. The van der Waals surface area contributed by atoms with Crippen molar-refractivity contribution in [3.63, 3.8) is 0 Å². The predicted molar refractivity (Wildman–Crippen MR) is 175 cm³/mol. The maximum absolute atomic E-state index is 14.7. The van der Waals surface area contributed by atoms with Gasteiger partial charge in [0.25, 0.3) is 0 Å². The molecule has 0 aliphatic carbocycles. The molecule has 2 fully saturated rings. The second-order valence-electron chi connectivity index (χ2n) is 13.4. The molecular weight excluding hydrogens is 599 g/mol. The van der Waals surface area contributed by atoms with Gasteiger partial charge in [-0.3, -0.25) is 14.9 Å². The number of fused-ring (bicyclic) bond motifs is 2. The zero-order chi connectivity index (χ0) is 32.5. The van der Waals surface area contributed by atoms with Gasteiger partial charge < -0.3 is 18.8 Å². The number of aromatic nitrogens is 5. The van der Waals surface area contributed by atoms with Crippen LogP contribution in [-0.2, 0) is 29.2 Å². The second kappa shape index (κ2) is 13.0. The molecule has 47 heavy (non-hydrogen) atoms. The van der Waals surface area contributed by atoms with E-state index in [2.05, 4.69) is 19.4 Å². The fourth-order valence-electron chi connectivity index (χ4n) is 6.21. The van der Waals surface area contributed by atoms with Gasteiger partial charge in [0.2, 0.25) is 5.88 Å². The number of carbonyl (C=O) groups excluding carboxylic acids is 1. The smallest absolute Gasteiger partial charge is 0.338 e. The van der Waals surface area contributed by atoms with Gasteiger partial charge >= 0.3 is 5.97 Å². The van der Waals surface area contributed by atoms with E-state index in [4.69, 9.17) is 24.2 Å². The monoisotopic (exact) mass is 638 g/mol. The molecular formula is C36H39FN6O4. The molecule has 0 saturated carbocycles. The standard InChI is InChI=1S/C36H39FN6O4/c1-36(2,3)47-35(44)24-7-8-29-32(18-24)43(20-26-11-16-45-26)33(40-29)21-42-14-9-23(10-15-42)28-5-4-6-34(41-28)46-22-25-17-30-31(19-27(25)37)39-13-12-38-30/h4-8,12-13,17-19,23,26H,9-11,14-16,20-22H2,1-3H3. The van der Waals surface area contributed by atoms with E-state index in [0.717, 1.165) is 61.5 Å². The Morgan fingerprint density at radius 3 is 2.47 bits per heavy atom. The number of carbonyl (C=O) groups is 1. The van der Waals surface area contributed by atoms with Gasteiger partial charge in [0.1, 0.15) is 23.8 Å². The van der Waals surface area contributed by atoms with E-state index in [-0.39, 0.29) is 24.5 Å².